The topological polar surface area (TPSA) is 170 Å². The summed E-state index contributed by atoms with van der Waals surface area (Å²) in [6.45, 7) is 4.13. The molecule has 1 saturated carbocycles. The molecular formula is C63H63N5O9. The van der Waals surface area contributed by atoms with Crippen molar-refractivity contribution >= 4 is 40.9 Å². The minimum absolute atomic E-state index is 0.0281. The number of nitrogens with zero attached hydrogens (tertiary/aromatic N) is 3. The Bertz CT molecular complexity index is 3170. The van der Waals surface area contributed by atoms with Crippen LogP contribution in [-0.4, -0.2) is 90.1 Å². The van der Waals surface area contributed by atoms with Crippen molar-refractivity contribution in [3.05, 3.63) is 191 Å². The highest BCUT2D eigenvalue weighted by Gasteiger charge is 2.75. The number of fused-ring (bicyclic) bond motifs is 3. The quantitative estimate of drug-likeness (QED) is 0.0555. The molecule has 4 heterocycles. The molecule has 11 rings (SSSR count). The molecule has 6 aromatic carbocycles. The molecule has 1 aliphatic carbocycles. The zero-order valence-electron chi connectivity index (χ0n) is 43.1. The number of urea groups is 1. The molecule has 0 radical (unpaired) electrons. The molecule has 0 aromatic heterocycles. The lowest BCUT2D eigenvalue weighted by molar-refractivity contribution is -0.177. The third kappa shape index (κ3) is 9.85. The van der Waals surface area contributed by atoms with Crippen LogP contribution in [0.15, 0.2) is 158 Å². The Balaban J connectivity index is 1.17. The first-order valence-electron chi connectivity index (χ1n) is 26.8. The molecule has 3 saturated heterocycles. The second-order valence-corrected chi connectivity index (χ2v) is 20.7. The third-order valence-corrected chi connectivity index (χ3v) is 16.0. The van der Waals surface area contributed by atoms with Gasteiger partial charge in [0.1, 0.15) is 35.5 Å². The van der Waals surface area contributed by atoms with Crippen molar-refractivity contribution in [3.63, 3.8) is 0 Å². The minimum Gasteiger partial charge on any atom is -0.491 e. The van der Waals surface area contributed by atoms with E-state index in [2.05, 4.69) is 27.4 Å². The number of hydrogen-bond acceptors (Lipinski definition) is 11. The van der Waals surface area contributed by atoms with Gasteiger partial charge in [0.2, 0.25) is 11.8 Å². The molecule has 4 amide bonds. The van der Waals surface area contributed by atoms with Gasteiger partial charge in [-0.3, -0.25) is 19.3 Å². The molecule has 6 aromatic rings. The molecule has 4 fully saturated rings. The Morgan fingerprint density at radius 3 is 2.12 bits per heavy atom. The van der Waals surface area contributed by atoms with Gasteiger partial charge in [0.05, 0.1) is 49.6 Å². The Morgan fingerprint density at radius 2 is 1.43 bits per heavy atom. The molecule has 77 heavy (non-hydrogen) atoms. The van der Waals surface area contributed by atoms with Crippen LogP contribution in [0.3, 0.4) is 0 Å². The Labute approximate surface area is 448 Å². The summed E-state index contributed by atoms with van der Waals surface area (Å²) in [5, 5.41) is 28.1. The number of carbonyl (C=O) groups is 4. The standard InChI is InChI=1S/C63H63N5O9/c1-42(44-16-7-4-8-17-44)64-61(73)67-52-29-24-43(30-33-62(74)31-13-2-3-14-32-62)40-51(52)63(60(67)72)53(58(70)65-48-25-27-49(28-26-48)66-34-37-75-38-35-66)55-59(71)77-56(46-20-11-6-12-21-46)54(45-18-9-5-10-19-45)68(55)57(63)47-22-15-23-50(41-47)76-39-36-69/h4-12,15-29,40-42,53-57,69,74H,2-3,13-14,31-32,34-39H2,1H3,(H,64,73)(H,65,70). The fraction of sp³-hybridized carbons (Fsp3) is 0.333. The van der Waals surface area contributed by atoms with Gasteiger partial charge in [-0.25, -0.2) is 9.69 Å². The summed E-state index contributed by atoms with van der Waals surface area (Å²) in [6.07, 6.45) is 3.73. The van der Waals surface area contributed by atoms with Crippen LogP contribution in [0.25, 0.3) is 0 Å². The largest absolute Gasteiger partial charge is 0.491 e. The Hall–Kier alpha value is -7.80. The number of rotatable bonds is 11. The molecule has 7 unspecified atom stereocenters. The molecule has 0 bridgehead atoms. The number of imide groups is 1. The number of aliphatic hydroxyl groups excluding tert-OH is 1. The van der Waals surface area contributed by atoms with E-state index in [1.165, 1.54) is 0 Å². The lowest BCUT2D eigenvalue weighted by Gasteiger charge is -2.46. The average molecular weight is 1030 g/mol. The lowest BCUT2D eigenvalue weighted by atomic mass is 9.65. The fourth-order valence-corrected chi connectivity index (χ4v) is 12.4. The maximum Gasteiger partial charge on any atom is 0.329 e. The van der Waals surface area contributed by atoms with E-state index in [1.807, 2.05) is 121 Å². The van der Waals surface area contributed by atoms with Crippen LogP contribution < -0.4 is 25.2 Å². The van der Waals surface area contributed by atoms with E-state index in [1.54, 1.807) is 48.5 Å². The number of carbonyl (C=O) groups excluding carboxylic acids is 4. The van der Waals surface area contributed by atoms with Gasteiger partial charge in [-0.15, -0.1) is 0 Å². The number of hydrogen-bond donors (Lipinski definition) is 4. The van der Waals surface area contributed by atoms with E-state index < -0.39 is 71.0 Å². The number of anilines is 3. The fourth-order valence-electron chi connectivity index (χ4n) is 12.4. The predicted molar refractivity (Wildman–Crippen MR) is 292 cm³/mol. The zero-order valence-corrected chi connectivity index (χ0v) is 43.1. The summed E-state index contributed by atoms with van der Waals surface area (Å²) in [7, 11) is 0. The molecule has 5 aliphatic rings. The predicted octanol–water partition coefficient (Wildman–Crippen LogP) is 9.11. The minimum atomic E-state index is -2.09. The number of aliphatic hydroxyl groups is 2. The lowest BCUT2D eigenvalue weighted by Crippen LogP contribution is -2.55. The molecular weight excluding hydrogens is 971 g/mol. The van der Waals surface area contributed by atoms with Crippen molar-refractivity contribution in [1.82, 2.24) is 10.2 Å². The number of amides is 4. The first-order chi connectivity index (χ1) is 37.6. The van der Waals surface area contributed by atoms with Crippen molar-refractivity contribution in [3.8, 4) is 17.6 Å². The van der Waals surface area contributed by atoms with E-state index in [4.69, 9.17) is 14.2 Å². The van der Waals surface area contributed by atoms with Crippen molar-refractivity contribution in [1.29, 1.82) is 0 Å². The van der Waals surface area contributed by atoms with E-state index in [-0.39, 0.29) is 18.9 Å². The van der Waals surface area contributed by atoms with E-state index in [0.717, 1.165) is 47.4 Å². The first kappa shape index (κ1) is 51.3. The summed E-state index contributed by atoms with van der Waals surface area (Å²) in [6, 6.07) is 43.5. The number of morpholine rings is 2. The van der Waals surface area contributed by atoms with Gasteiger partial charge in [0.15, 0.2) is 0 Å². The highest BCUT2D eigenvalue weighted by atomic mass is 16.6. The van der Waals surface area contributed by atoms with Crippen molar-refractivity contribution < 1.29 is 43.6 Å². The number of benzene rings is 6. The average Bonchev–Trinajstić information content (AvgIpc) is 3.90. The van der Waals surface area contributed by atoms with E-state index in [0.29, 0.717) is 72.8 Å². The summed E-state index contributed by atoms with van der Waals surface area (Å²) in [5.41, 5.74) is 1.73. The second kappa shape index (κ2) is 22.0. The smallest absolute Gasteiger partial charge is 0.329 e. The van der Waals surface area contributed by atoms with Crippen LogP contribution in [0.1, 0.15) is 103 Å². The van der Waals surface area contributed by atoms with Crippen LogP contribution in [0, 0.1) is 17.8 Å². The summed E-state index contributed by atoms with van der Waals surface area (Å²) < 4.78 is 18.4. The number of ether oxygens (including phenoxy) is 3. The summed E-state index contributed by atoms with van der Waals surface area (Å²) >= 11 is 0. The van der Waals surface area contributed by atoms with Gasteiger partial charge in [-0.1, -0.05) is 128 Å². The number of esters is 1. The molecule has 1 spiro atoms. The van der Waals surface area contributed by atoms with Gasteiger partial charge in [-0.2, -0.15) is 0 Å². The van der Waals surface area contributed by atoms with Gasteiger partial charge < -0.3 is 40.0 Å². The second-order valence-electron chi connectivity index (χ2n) is 20.7. The normalized spacial score (nSPS) is 24.1. The maximum absolute atomic E-state index is 17.0. The van der Waals surface area contributed by atoms with Crippen LogP contribution >= 0.6 is 0 Å². The van der Waals surface area contributed by atoms with E-state index >= 15 is 19.2 Å². The highest BCUT2D eigenvalue weighted by Crippen LogP contribution is 2.66. The zero-order chi connectivity index (χ0) is 53.1. The number of cyclic esters (lactones) is 1. The van der Waals surface area contributed by atoms with Gasteiger partial charge in [0.25, 0.3) is 0 Å². The van der Waals surface area contributed by atoms with Gasteiger partial charge in [-0.05, 0) is 115 Å². The Morgan fingerprint density at radius 1 is 0.766 bits per heavy atom. The molecule has 7 atom stereocenters. The highest BCUT2D eigenvalue weighted by molar-refractivity contribution is 6.25. The van der Waals surface area contributed by atoms with Crippen molar-refractivity contribution in [2.24, 2.45) is 5.92 Å². The van der Waals surface area contributed by atoms with Crippen LogP contribution in [0.2, 0.25) is 0 Å². The Kier molecular flexibility index (Phi) is 14.7. The SMILES string of the molecule is CC(NC(=O)N1C(=O)C2(c3cc(C#CC4(O)CCCCCC4)ccc31)C(C(=O)Nc1ccc(N3CCOCC3)cc1)C1C(=O)OC(c3ccccc3)C(c3ccccc3)N1C2c1cccc(OCCO)c1)c1ccccc1. The molecule has 14 nitrogen and oxygen atoms in total. The molecule has 14 heteroatoms. The van der Waals surface area contributed by atoms with Crippen LogP contribution in [0.4, 0.5) is 21.9 Å². The van der Waals surface area contributed by atoms with Gasteiger partial charge >= 0.3 is 12.0 Å². The maximum atomic E-state index is 17.0. The van der Waals surface area contributed by atoms with Gasteiger partial charge in [0, 0.05) is 30.0 Å². The molecule has 4 aliphatic heterocycles. The molecule has 394 valence electrons. The van der Waals surface area contributed by atoms with E-state index in [9.17, 15) is 10.2 Å². The third-order valence-electron chi connectivity index (χ3n) is 16.0. The van der Waals surface area contributed by atoms with Crippen molar-refractivity contribution in [2.45, 2.75) is 86.7 Å². The summed E-state index contributed by atoms with van der Waals surface area (Å²) in [4.78, 5) is 69.6. The van der Waals surface area contributed by atoms with Crippen molar-refractivity contribution in [2.75, 3.05) is 54.6 Å². The van der Waals surface area contributed by atoms with Crippen LogP contribution in [0.5, 0.6) is 5.75 Å². The summed E-state index contributed by atoms with van der Waals surface area (Å²) in [5.74, 6) is 3.16. The first-order valence-corrected chi connectivity index (χ1v) is 26.8. The van der Waals surface area contributed by atoms with Crippen LogP contribution in [-0.2, 0) is 29.3 Å². The number of nitrogens with one attached hydrogen (secondary N) is 2. The molecule has 4 N–H and O–H groups in total. The monoisotopic (exact) mass is 1030 g/mol.